The fourth-order valence-corrected chi connectivity index (χ4v) is 4.70. The monoisotopic (exact) mass is 425 g/mol. The smallest absolute Gasteiger partial charge is 0.222 e. The SMILES string of the molecule is CC(C)(C)CCC(=O)N1CCC([C@H]2C[C@H]2CCOc2ccc(-n3cnnn3)cc2)CC1. The van der Waals surface area contributed by atoms with Crippen molar-refractivity contribution in [1.82, 2.24) is 25.1 Å². The maximum Gasteiger partial charge on any atom is 0.222 e. The van der Waals surface area contributed by atoms with Gasteiger partial charge in [0.2, 0.25) is 5.91 Å². The lowest BCUT2D eigenvalue weighted by Gasteiger charge is -2.33. The second kappa shape index (κ2) is 9.37. The van der Waals surface area contributed by atoms with Crippen LogP contribution in [0.2, 0.25) is 0 Å². The van der Waals surface area contributed by atoms with E-state index in [1.807, 2.05) is 24.3 Å². The van der Waals surface area contributed by atoms with E-state index in [9.17, 15) is 4.79 Å². The third-order valence-corrected chi connectivity index (χ3v) is 6.77. The van der Waals surface area contributed by atoms with Gasteiger partial charge < -0.3 is 9.64 Å². The van der Waals surface area contributed by atoms with Gasteiger partial charge in [0.1, 0.15) is 12.1 Å². The van der Waals surface area contributed by atoms with Crippen molar-refractivity contribution < 1.29 is 9.53 Å². The molecule has 1 aromatic heterocycles. The zero-order chi connectivity index (χ0) is 21.8. The highest BCUT2D eigenvalue weighted by molar-refractivity contribution is 5.76. The molecule has 31 heavy (non-hydrogen) atoms. The van der Waals surface area contributed by atoms with Gasteiger partial charge in [-0.1, -0.05) is 20.8 Å². The molecule has 0 unspecified atom stereocenters. The molecule has 1 aromatic carbocycles. The number of amides is 1. The summed E-state index contributed by atoms with van der Waals surface area (Å²) in [6, 6.07) is 7.85. The highest BCUT2D eigenvalue weighted by atomic mass is 16.5. The first-order valence-corrected chi connectivity index (χ1v) is 11.6. The van der Waals surface area contributed by atoms with Gasteiger partial charge in [0.15, 0.2) is 0 Å². The van der Waals surface area contributed by atoms with Crippen LogP contribution < -0.4 is 4.74 Å². The molecule has 0 radical (unpaired) electrons. The predicted molar refractivity (Wildman–Crippen MR) is 119 cm³/mol. The highest BCUT2D eigenvalue weighted by Gasteiger charge is 2.43. The number of likely N-dealkylation sites (tertiary alicyclic amines) is 1. The van der Waals surface area contributed by atoms with Crippen LogP contribution in [-0.4, -0.2) is 50.7 Å². The van der Waals surface area contributed by atoms with Crippen LogP contribution in [0, 0.1) is 23.2 Å². The molecule has 1 saturated carbocycles. The van der Waals surface area contributed by atoms with Crippen LogP contribution in [0.5, 0.6) is 5.75 Å². The number of benzene rings is 1. The summed E-state index contributed by atoms with van der Waals surface area (Å²) in [7, 11) is 0. The maximum absolute atomic E-state index is 12.5. The van der Waals surface area contributed by atoms with Crippen LogP contribution in [0.3, 0.4) is 0 Å². The third kappa shape index (κ3) is 6.05. The van der Waals surface area contributed by atoms with Gasteiger partial charge in [0.05, 0.1) is 12.3 Å². The van der Waals surface area contributed by atoms with Crippen molar-refractivity contribution in [3.05, 3.63) is 30.6 Å². The molecule has 2 fully saturated rings. The van der Waals surface area contributed by atoms with Gasteiger partial charge in [-0.2, -0.15) is 0 Å². The first-order valence-electron chi connectivity index (χ1n) is 11.6. The van der Waals surface area contributed by atoms with Crippen LogP contribution in [-0.2, 0) is 4.79 Å². The standard InChI is InChI=1S/C24H35N5O2/c1-24(2,3)12-8-23(30)28-13-9-18(10-14-28)22-16-19(22)11-15-31-21-6-4-20(5-7-21)29-17-25-26-27-29/h4-7,17-19,22H,8-16H2,1-3H3/t19-,22-/m1/s1. The van der Waals surface area contributed by atoms with E-state index in [1.54, 1.807) is 11.0 Å². The Kier molecular flexibility index (Phi) is 6.58. The molecule has 4 rings (SSSR count). The molecular formula is C24H35N5O2. The molecule has 1 aliphatic carbocycles. The molecule has 2 heterocycles. The van der Waals surface area contributed by atoms with Crippen LogP contribution in [0.1, 0.15) is 59.3 Å². The van der Waals surface area contributed by atoms with Crippen LogP contribution in [0.25, 0.3) is 5.69 Å². The molecule has 0 spiro atoms. The summed E-state index contributed by atoms with van der Waals surface area (Å²) in [6.07, 6.45) is 8.01. The Balaban J connectivity index is 1.13. The first kappa shape index (κ1) is 21.8. The van der Waals surface area contributed by atoms with Crippen molar-refractivity contribution in [3.8, 4) is 11.4 Å². The number of hydrogen-bond acceptors (Lipinski definition) is 5. The van der Waals surface area contributed by atoms with E-state index >= 15 is 0 Å². The quantitative estimate of drug-likeness (QED) is 0.636. The Bertz CT molecular complexity index is 836. The molecule has 2 aromatic rings. The first-order chi connectivity index (χ1) is 14.9. The van der Waals surface area contributed by atoms with Crippen molar-refractivity contribution in [2.24, 2.45) is 23.2 Å². The fourth-order valence-electron chi connectivity index (χ4n) is 4.70. The fraction of sp³-hybridized carbons (Fsp3) is 0.667. The van der Waals surface area contributed by atoms with E-state index in [-0.39, 0.29) is 5.41 Å². The average Bonchev–Trinajstić information content (AvgIpc) is 3.31. The lowest BCUT2D eigenvalue weighted by atomic mass is 9.88. The van der Waals surface area contributed by atoms with Crippen molar-refractivity contribution in [2.45, 2.75) is 59.3 Å². The highest BCUT2D eigenvalue weighted by Crippen LogP contribution is 2.49. The van der Waals surface area contributed by atoms with E-state index < -0.39 is 0 Å². The predicted octanol–water partition coefficient (Wildman–Crippen LogP) is 4.13. The number of nitrogens with zero attached hydrogens (tertiary/aromatic N) is 5. The summed E-state index contributed by atoms with van der Waals surface area (Å²) >= 11 is 0. The van der Waals surface area contributed by atoms with Gasteiger partial charge in [-0.25, -0.2) is 4.68 Å². The number of ether oxygens (including phenoxy) is 1. The number of aromatic nitrogens is 4. The molecule has 0 N–H and O–H groups in total. The van der Waals surface area contributed by atoms with Crippen LogP contribution in [0.4, 0.5) is 0 Å². The zero-order valence-corrected chi connectivity index (χ0v) is 19.0. The molecule has 7 nitrogen and oxygen atoms in total. The van der Waals surface area contributed by atoms with Crippen LogP contribution >= 0.6 is 0 Å². The summed E-state index contributed by atoms with van der Waals surface area (Å²) < 4.78 is 7.58. The number of piperidine rings is 1. The third-order valence-electron chi connectivity index (χ3n) is 6.77. The molecule has 168 valence electrons. The van der Waals surface area contributed by atoms with Gasteiger partial charge in [-0.05, 0) is 90.0 Å². The lowest BCUT2D eigenvalue weighted by molar-refractivity contribution is -0.133. The van der Waals surface area contributed by atoms with E-state index in [0.717, 1.165) is 61.7 Å². The Morgan fingerprint density at radius 1 is 1.16 bits per heavy atom. The summed E-state index contributed by atoms with van der Waals surface area (Å²) in [5.41, 5.74) is 1.15. The van der Waals surface area contributed by atoms with E-state index in [4.69, 9.17) is 4.74 Å². The molecule has 1 aliphatic heterocycles. The summed E-state index contributed by atoms with van der Waals surface area (Å²) in [5, 5.41) is 11.2. The number of hydrogen-bond donors (Lipinski definition) is 0. The lowest BCUT2D eigenvalue weighted by Crippen LogP contribution is -2.39. The molecular weight excluding hydrogens is 390 g/mol. The number of tetrazole rings is 1. The Morgan fingerprint density at radius 2 is 1.90 bits per heavy atom. The topological polar surface area (TPSA) is 73.1 Å². The number of carbonyl (C=O) groups excluding carboxylic acids is 1. The maximum atomic E-state index is 12.5. The van der Waals surface area contributed by atoms with Gasteiger partial charge >= 0.3 is 0 Å². The molecule has 0 bridgehead atoms. The molecule has 1 amide bonds. The molecule has 2 atom stereocenters. The Labute approximate surface area is 185 Å². The largest absolute Gasteiger partial charge is 0.494 e. The van der Waals surface area contributed by atoms with Gasteiger partial charge in [-0.15, -0.1) is 5.10 Å². The minimum atomic E-state index is 0.230. The Morgan fingerprint density at radius 3 is 2.55 bits per heavy atom. The minimum absolute atomic E-state index is 0.230. The van der Waals surface area contributed by atoms with E-state index in [1.165, 1.54) is 19.3 Å². The Hall–Kier alpha value is -2.44. The summed E-state index contributed by atoms with van der Waals surface area (Å²) in [4.78, 5) is 14.6. The normalized spacial score (nSPS) is 21.8. The second-order valence-corrected chi connectivity index (χ2v) is 10.3. The van der Waals surface area contributed by atoms with E-state index in [0.29, 0.717) is 12.3 Å². The van der Waals surface area contributed by atoms with Crippen molar-refractivity contribution in [3.63, 3.8) is 0 Å². The summed E-state index contributed by atoms with van der Waals surface area (Å²) in [6.45, 7) is 9.26. The van der Waals surface area contributed by atoms with Crippen molar-refractivity contribution in [2.75, 3.05) is 19.7 Å². The molecule has 7 heteroatoms. The second-order valence-electron chi connectivity index (χ2n) is 10.3. The van der Waals surface area contributed by atoms with Crippen LogP contribution in [0.15, 0.2) is 30.6 Å². The van der Waals surface area contributed by atoms with Crippen molar-refractivity contribution >= 4 is 5.91 Å². The van der Waals surface area contributed by atoms with Gasteiger partial charge in [0.25, 0.3) is 0 Å². The average molecular weight is 426 g/mol. The molecule has 2 aliphatic rings. The molecule has 1 saturated heterocycles. The van der Waals surface area contributed by atoms with Gasteiger partial charge in [-0.3, -0.25) is 4.79 Å². The number of rotatable bonds is 8. The zero-order valence-electron chi connectivity index (χ0n) is 19.0. The number of carbonyl (C=O) groups is 1. The minimum Gasteiger partial charge on any atom is -0.494 e. The van der Waals surface area contributed by atoms with Gasteiger partial charge in [0, 0.05) is 19.5 Å². The summed E-state index contributed by atoms with van der Waals surface area (Å²) in [5.74, 6) is 3.63. The van der Waals surface area contributed by atoms with E-state index in [2.05, 4.69) is 41.2 Å². The van der Waals surface area contributed by atoms with Crippen molar-refractivity contribution in [1.29, 1.82) is 0 Å².